The van der Waals surface area contributed by atoms with Gasteiger partial charge < -0.3 is 10.3 Å². The fraction of sp³-hybridized carbons (Fsp3) is 0.500. The van der Waals surface area contributed by atoms with E-state index in [9.17, 15) is 9.59 Å². The van der Waals surface area contributed by atoms with Crippen molar-refractivity contribution in [2.45, 2.75) is 19.4 Å². The molecular formula is C12H19N3O2. The van der Waals surface area contributed by atoms with Crippen molar-refractivity contribution in [3.8, 4) is 0 Å². The Kier molecular flexibility index (Phi) is 4.90. The molecular weight excluding hydrogens is 218 g/mol. The second-order valence-corrected chi connectivity index (χ2v) is 4.22. The third-order valence-electron chi connectivity index (χ3n) is 2.68. The Labute approximate surface area is 101 Å². The van der Waals surface area contributed by atoms with E-state index in [4.69, 9.17) is 0 Å². The van der Waals surface area contributed by atoms with Crippen LogP contribution >= 0.6 is 0 Å². The van der Waals surface area contributed by atoms with E-state index in [1.54, 1.807) is 6.07 Å². The summed E-state index contributed by atoms with van der Waals surface area (Å²) >= 11 is 0. The molecule has 1 amide bonds. The zero-order valence-corrected chi connectivity index (χ0v) is 10.5. The standard InChI is InChI=1S/C12H19N3O2/c1-9(15(2)3)12(17)13-8-7-10-5-4-6-11(16)14-10/h4-6,9H,7-8H2,1-3H3,(H,13,17)(H,14,16)/t9-/m0/s1. The van der Waals surface area contributed by atoms with Gasteiger partial charge in [0.05, 0.1) is 6.04 Å². The van der Waals surface area contributed by atoms with E-state index in [2.05, 4.69) is 10.3 Å². The maximum absolute atomic E-state index is 11.6. The molecule has 0 unspecified atom stereocenters. The van der Waals surface area contributed by atoms with Gasteiger partial charge in [0.25, 0.3) is 0 Å². The predicted octanol–water partition coefficient (Wildman–Crippen LogP) is -0.0163. The van der Waals surface area contributed by atoms with Gasteiger partial charge in [-0.25, -0.2) is 0 Å². The van der Waals surface area contributed by atoms with Crippen molar-refractivity contribution in [1.29, 1.82) is 0 Å². The highest BCUT2D eigenvalue weighted by atomic mass is 16.2. The van der Waals surface area contributed by atoms with Crippen molar-refractivity contribution in [2.24, 2.45) is 0 Å². The lowest BCUT2D eigenvalue weighted by Crippen LogP contribution is -2.42. The predicted molar refractivity (Wildman–Crippen MR) is 66.9 cm³/mol. The van der Waals surface area contributed by atoms with Gasteiger partial charge in [-0.3, -0.25) is 14.5 Å². The van der Waals surface area contributed by atoms with Crippen molar-refractivity contribution >= 4 is 5.91 Å². The third kappa shape index (κ3) is 4.40. The minimum absolute atomic E-state index is 0.00622. The maximum Gasteiger partial charge on any atom is 0.248 e. The minimum atomic E-state index is -0.148. The van der Waals surface area contributed by atoms with Gasteiger partial charge in [0.2, 0.25) is 11.5 Å². The molecule has 0 aliphatic carbocycles. The van der Waals surface area contributed by atoms with E-state index < -0.39 is 0 Å². The Morgan fingerprint density at radius 2 is 2.18 bits per heavy atom. The van der Waals surface area contributed by atoms with Gasteiger partial charge in [-0.1, -0.05) is 6.07 Å². The minimum Gasteiger partial charge on any atom is -0.354 e. The topological polar surface area (TPSA) is 65.2 Å². The molecule has 5 heteroatoms. The van der Waals surface area contributed by atoms with Crippen molar-refractivity contribution in [2.75, 3.05) is 20.6 Å². The smallest absolute Gasteiger partial charge is 0.248 e. The lowest BCUT2D eigenvalue weighted by atomic mass is 10.2. The Morgan fingerprint density at radius 3 is 2.76 bits per heavy atom. The molecule has 0 saturated heterocycles. The number of H-pyrrole nitrogens is 1. The van der Waals surface area contributed by atoms with Crippen LogP contribution < -0.4 is 10.9 Å². The molecule has 0 aliphatic heterocycles. The first-order valence-electron chi connectivity index (χ1n) is 5.63. The summed E-state index contributed by atoms with van der Waals surface area (Å²) in [5, 5.41) is 2.83. The van der Waals surface area contributed by atoms with Crippen LogP contribution in [0.2, 0.25) is 0 Å². The van der Waals surface area contributed by atoms with Gasteiger partial charge in [-0.15, -0.1) is 0 Å². The maximum atomic E-state index is 11.6. The zero-order chi connectivity index (χ0) is 12.8. The quantitative estimate of drug-likeness (QED) is 0.756. The normalized spacial score (nSPS) is 12.5. The summed E-state index contributed by atoms with van der Waals surface area (Å²) in [6.45, 7) is 2.37. The average Bonchev–Trinajstić information content (AvgIpc) is 2.27. The molecule has 1 aromatic heterocycles. The van der Waals surface area contributed by atoms with E-state index in [0.29, 0.717) is 13.0 Å². The number of nitrogens with one attached hydrogen (secondary N) is 2. The molecule has 1 aromatic rings. The Hall–Kier alpha value is -1.62. The van der Waals surface area contributed by atoms with Crippen molar-refractivity contribution in [3.63, 3.8) is 0 Å². The van der Waals surface area contributed by atoms with Crippen LogP contribution in [0.15, 0.2) is 23.0 Å². The fourth-order valence-electron chi connectivity index (χ4n) is 1.34. The molecule has 17 heavy (non-hydrogen) atoms. The summed E-state index contributed by atoms with van der Waals surface area (Å²) in [4.78, 5) is 27.2. The molecule has 1 rings (SSSR count). The lowest BCUT2D eigenvalue weighted by Gasteiger charge is -2.18. The molecule has 0 aromatic carbocycles. The summed E-state index contributed by atoms with van der Waals surface area (Å²) in [6.07, 6.45) is 0.627. The van der Waals surface area contributed by atoms with Crippen LogP contribution in [0, 0.1) is 0 Å². The highest BCUT2D eigenvalue weighted by Gasteiger charge is 2.13. The fourth-order valence-corrected chi connectivity index (χ4v) is 1.34. The van der Waals surface area contributed by atoms with Crippen LogP contribution in [0.4, 0.5) is 0 Å². The largest absolute Gasteiger partial charge is 0.354 e. The number of nitrogens with zero attached hydrogens (tertiary/aromatic N) is 1. The molecule has 5 nitrogen and oxygen atoms in total. The van der Waals surface area contributed by atoms with Gasteiger partial charge in [-0.2, -0.15) is 0 Å². The number of rotatable bonds is 5. The SMILES string of the molecule is C[C@@H](C(=O)NCCc1cccc(=O)[nH]1)N(C)C. The van der Waals surface area contributed by atoms with Gasteiger partial charge >= 0.3 is 0 Å². The molecule has 2 N–H and O–H groups in total. The molecule has 0 aliphatic rings. The first-order valence-corrected chi connectivity index (χ1v) is 5.63. The Bertz CT molecular complexity index is 426. The van der Waals surface area contributed by atoms with E-state index in [-0.39, 0.29) is 17.5 Å². The first-order chi connectivity index (χ1) is 8.00. The third-order valence-corrected chi connectivity index (χ3v) is 2.68. The highest BCUT2D eigenvalue weighted by Crippen LogP contribution is 1.93. The number of aromatic amines is 1. The summed E-state index contributed by atoms with van der Waals surface area (Å²) in [6, 6.07) is 4.86. The molecule has 1 heterocycles. The molecule has 0 spiro atoms. The van der Waals surface area contributed by atoms with Crippen LogP contribution in [0.5, 0.6) is 0 Å². The van der Waals surface area contributed by atoms with Crippen molar-refractivity contribution in [3.05, 3.63) is 34.2 Å². The number of carbonyl (C=O) groups is 1. The summed E-state index contributed by atoms with van der Waals surface area (Å²) in [7, 11) is 3.72. The van der Waals surface area contributed by atoms with E-state index in [0.717, 1.165) is 5.69 Å². The number of hydrogen-bond donors (Lipinski definition) is 2. The average molecular weight is 237 g/mol. The van der Waals surface area contributed by atoms with Gasteiger partial charge in [0, 0.05) is 24.7 Å². The lowest BCUT2D eigenvalue weighted by molar-refractivity contribution is -0.124. The number of aromatic nitrogens is 1. The number of hydrogen-bond acceptors (Lipinski definition) is 3. The van der Waals surface area contributed by atoms with E-state index >= 15 is 0 Å². The zero-order valence-electron chi connectivity index (χ0n) is 10.5. The summed E-state index contributed by atoms with van der Waals surface area (Å²) < 4.78 is 0. The molecule has 0 fully saturated rings. The molecule has 94 valence electrons. The van der Waals surface area contributed by atoms with Crippen molar-refractivity contribution in [1.82, 2.24) is 15.2 Å². The van der Waals surface area contributed by atoms with Crippen molar-refractivity contribution < 1.29 is 4.79 Å². The second-order valence-electron chi connectivity index (χ2n) is 4.22. The number of amides is 1. The first kappa shape index (κ1) is 13.4. The molecule has 0 radical (unpaired) electrons. The molecule has 0 saturated carbocycles. The second kappa shape index (κ2) is 6.20. The molecule has 0 bridgehead atoms. The van der Waals surface area contributed by atoms with Gasteiger partial charge in [0.15, 0.2) is 0 Å². The summed E-state index contributed by atoms with van der Waals surface area (Å²) in [5.41, 5.74) is 0.714. The van der Waals surface area contributed by atoms with E-state index in [1.165, 1.54) is 6.07 Å². The number of likely N-dealkylation sites (N-methyl/N-ethyl adjacent to an activating group) is 1. The van der Waals surface area contributed by atoms with Crippen LogP contribution in [0.25, 0.3) is 0 Å². The Morgan fingerprint density at radius 1 is 1.47 bits per heavy atom. The monoisotopic (exact) mass is 237 g/mol. The van der Waals surface area contributed by atoms with Crippen LogP contribution in [0.1, 0.15) is 12.6 Å². The summed E-state index contributed by atoms with van der Waals surface area (Å²) in [5.74, 6) is -0.00622. The van der Waals surface area contributed by atoms with Crippen LogP contribution in [-0.4, -0.2) is 42.5 Å². The Balaban J connectivity index is 2.38. The molecule has 1 atom stereocenters. The highest BCUT2D eigenvalue weighted by molar-refractivity contribution is 5.81. The van der Waals surface area contributed by atoms with Gasteiger partial charge in [0.1, 0.15) is 0 Å². The number of pyridine rings is 1. The van der Waals surface area contributed by atoms with Gasteiger partial charge in [-0.05, 0) is 27.1 Å². The van der Waals surface area contributed by atoms with Crippen LogP contribution in [0.3, 0.4) is 0 Å². The number of carbonyl (C=O) groups excluding carboxylic acids is 1. The van der Waals surface area contributed by atoms with E-state index in [1.807, 2.05) is 32.0 Å². The van der Waals surface area contributed by atoms with Crippen LogP contribution in [-0.2, 0) is 11.2 Å².